The molecule has 3 aromatic rings. The fourth-order valence-corrected chi connectivity index (χ4v) is 4.35. The lowest BCUT2D eigenvalue weighted by atomic mass is 9.95. The lowest BCUT2D eigenvalue weighted by Gasteiger charge is -2.23. The van der Waals surface area contributed by atoms with Crippen molar-refractivity contribution in [3.8, 4) is 11.3 Å². The van der Waals surface area contributed by atoms with Gasteiger partial charge in [-0.1, -0.05) is 60.2 Å². The number of halogens is 2. The number of benzene rings is 2. The van der Waals surface area contributed by atoms with Crippen LogP contribution in [-0.4, -0.2) is 17.9 Å². The van der Waals surface area contributed by atoms with Gasteiger partial charge in [0.2, 0.25) is 0 Å². The molecule has 1 heterocycles. The zero-order valence-corrected chi connectivity index (χ0v) is 20.4. The minimum Gasteiger partial charge on any atom is -0.457 e. The fraction of sp³-hybridized carbons (Fsp3) is 0.259. The van der Waals surface area contributed by atoms with Crippen molar-refractivity contribution in [2.75, 3.05) is 0 Å². The van der Waals surface area contributed by atoms with Crippen molar-refractivity contribution in [2.45, 2.75) is 45.1 Å². The van der Waals surface area contributed by atoms with Crippen molar-refractivity contribution in [1.29, 1.82) is 0 Å². The molecule has 1 aliphatic rings. The summed E-state index contributed by atoms with van der Waals surface area (Å²) in [5.41, 5.74) is 2.28. The van der Waals surface area contributed by atoms with Crippen LogP contribution in [0.1, 0.15) is 53.8 Å². The minimum absolute atomic E-state index is 0.0957. The first-order valence-electron chi connectivity index (χ1n) is 11.3. The monoisotopic (exact) mass is 496 g/mol. The molecule has 34 heavy (non-hydrogen) atoms. The van der Waals surface area contributed by atoms with Crippen LogP contribution in [0.2, 0.25) is 10.0 Å². The van der Waals surface area contributed by atoms with Gasteiger partial charge in [-0.25, -0.2) is 0 Å². The van der Waals surface area contributed by atoms with E-state index in [1.165, 1.54) is 12.5 Å². The van der Waals surface area contributed by atoms with Gasteiger partial charge in [-0.3, -0.25) is 9.59 Å². The standard InChI is InChI=1S/C27H26Cl2N2O3/c1-17-7-9-18(10-8-17)26(32)31-24(27(33)30-20-5-3-2-4-6-20)16-21-12-14-25(34-21)22-15-19(28)11-13-23(22)29/h7-16,20H,2-6H2,1H3,(H,30,33)(H,31,32)/b24-16-. The molecule has 1 aliphatic carbocycles. The van der Waals surface area contributed by atoms with Gasteiger partial charge in [-0.2, -0.15) is 0 Å². The van der Waals surface area contributed by atoms with Gasteiger partial charge in [0.15, 0.2) is 0 Å². The number of rotatable bonds is 6. The normalized spacial score (nSPS) is 14.6. The first-order valence-corrected chi connectivity index (χ1v) is 12.1. The number of hydrogen-bond donors (Lipinski definition) is 2. The molecule has 5 nitrogen and oxygen atoms in total. The van der Waals surface area contributed by atoms with Gasteiger partial charge in [0.1, 0.15) is 17.2 Å². The summed E-state index contributed by atoms with van der Waals surface area (Å²) in [5.74, 6) is 0.209. The summed E-state index contributed by atoms with van der Waals surface area (Å²) in [7, 11) is 0. The van der Waals surface area contributed by atoms with E-state index in [2.05, 4.69) is 10.6 Å². The predicted molar refractivity (Wildman–Crippen MR) is 136 cm³/mol. The summed E-state index contributed by atoms with van der Waals surface area (Å²) in [6.07, 6.45) is 6.75. The zero-order chi connectivity index (χ0) is 24.1. The van der Waals surface area contributed by atoms with E-state index in [1.54, 1.807) is 42.5 Å². The average Bonchev–Trinajstić information content (AvgIpc) is 3.29. The maximum absolute atomic E-state index is 13.1. The van der Waals surface area contributed by atoms with Crippen LogP contribution in [0.15, 0.2) is 64.7 Å². The third-order valence-corrected chi connectivity index (χ3v) is 6.42. The number of carbonyl (C=O) groups excluding carboxylic acids is 2. The summed E-state index contributed by atoms with van der Waals surface area (Å²) in [6.45, 7) is 1.95. The van der Waals surface area contributed by atoms with E-state index >= 15 is 0 Å². The molecule has 0 spiro atoms. The van der Waals surface area contributed by atoms with E-state index in [9.17, 15) is 9.59 Å². The molecule has 0 aliphatic heterocycles. The van der Waals surface area contributed by atoms with Crippen molar-refractivity contribution in [3.05, 3.63) is 87.2 Å². The van der Waals surface area contributed by atoms with Crippen LogP contribution in [0.5, 0.6) is 0 Å². The number of carbonyl (C=O) groups is 2. The third kappa shape index (κ3) is 6.10. The number of nitrogens with one attached hydrogen (secondary N) is 2. The van der Waals surface area contributed by atoms with Gasteiger partial charge in [-0.05, 0) is 62.2 Å². The molecule has 176 valence electrons. The molecular weight excluding hydrogens is 471 g/mol. The van der Waals surface area contributed by atoms with Gasteiger partial charge >= 0.3 is 0 Å². The summed E-state index contributed by atoms with van der Waals surface area (Å²) in [6, 6.07) is 15.8. The van der Waals surface area contributed by atoms with Crippen molar-refractivity contribution in [2.24, 2.45) is 0 Å². The average molecular weight is 497 g/mol. The van der Waals surface area contributed by atoms with Crippen LogP contribution in [0.25, 0.3) is 17.4 Å². The van der Waals surface area contributed by atoms with Crippen molar-refractivity contribution in [3.63, 3.8) is 0 Å². The Bertz CT molecular complexity index is 1210. The van der Waals surface area contributed by atoms with Crippen molar-refractivity contribution in [1.82, 2.24) is 10.6 Å². The molecule has 1 fully saturated rings. The van der Waals surface area contributed by atoms with E-state index in [-0.39, 0.29) is 23.6 Å². The van der Waals surface area contributed by atoms with Crippen LogP contribution in [0.3, 0.4) is 0 Å². The molecule has 2 N–H and O–H groups in total. The SMILES string of the molecule is Cc1ccc(C(=O)N/C(=C\c2ccc(-c3cc(Cl)ccc3Cl)o2)C(=O)NC2CCCCC2)cc1. The third-order valence-electron chi connectivity index (χ3n) is 5.85. The summed E-state index contributed by atoms with van der Waals surface area (Å²) >= 11 is 12.4. The highest BCUT2D eigenvalue weighted by atomic mass is 35.5. The molecule has 0 bridgehead atoms. The van der Waals surface area contributed by atoms with Crippen LogP contribution >= 0.6 is 23.2 Å². The van der Waals surface area contributed by atoms with Crippen LogP contribution < -0.4 is 10.6 Å². The molecule has 0 saturated heterocycles. The molecule has 1 aromatic heterocycles. The van der Waals surface area contributed by atoms with E-state index in [0.717, 1.165) is 31.2 Å². The Morgan fingerprint density at radius 1 is 0.971 bits per heavy atom. The zero-order valence-electron chi connectivity index (χ0n) is 18.9. The Kier molecular flexibility index (Phi) is 7.76. The number of furan rings is 1. The first kappa shape index (κ1) is 24.1. The molecule has 4 rings (SSSR count). The molecule has 0 radical (unpaired) electrons. The fourth-order valence-electron chi connectivity index (χ4n) is 3.97. The number of amides is 2. The second-order valence-corrected chi connectivity index (χ2v) is 9.36. The molecule has 2 aromatic carbocycles. The van der Waals surface area contributed by atoms with Gasteiger partial charge in [0, 0.05) is 28.3 Å². The largest absolute Gasteiger partial charge is 0.457 e. The quantitative estimate of drug-likeness (QED) is 0.369. The van der Waals surface area contributed by atoms with Gasteiger partial charge in [0.25, 0.3) is 11.8 Å². The molecule has 7 heteroatoms. The van der Waals surface area contributed by atoms with E-state index in [4.69, 9.17) is 27.6 Å². The number of aryl methyl sites for hydroxylation is 1. The molecule has 0 atom stereocenters. The molecule has 0 unspecified atom stereocenters. The maximum Gasteiger partial charge on any atom is 0.268 e. The topological polar surface area (TPSA) is 71.3 Å². The maximum atomic E-state index is 13.1. The van der Waals surface area contributed by atoms with E-state index < -0.39 is 0 Å². The van der Waals surface area contributed by atoms with Crippen LogP contribution in [0, 0.1) is 6.92 Å². The minimum atomic E-state index is -0.366. The highest BCUT2D eigenvalue weighted by molar-refractivity contribution is 6.35. The summed E-state index contributed by atoms with van der Waals surface area (Å²) in [4.78, 5) is 26.0. The highest BCUT2D eigenvalue weighted by Gasteiger charge is 2.21. The lowest BCUT2D eigenvalue weighted by Crippen LogP contribution is -2.41. The molecule has 1 saturated carbocycles. The Labute approximate surface area is 209 Å². The van der Waals surface area contributed by atoms with Gasteiger partial charge in [-0.15, -0.1) is 0 Å². The van der Waals surface area contributed by atoms with E-state index in [0.29, 0.717) is 32.7 Å². The smallest absolute Gasteiger partial charge is 0.268 e. The Morgan fingerprint density at radius 3 is 2.44 bits per heavy atom. The van der Waals surface area contributed by atoms with Crippen LogP contribution in [-0.2, 0) is 4.79 Å². The lowest BCUT2D eigenvalue weighted by molar-refractivity contribution is -0.118. The number of hydrogen-bond acceptors (Lipinski definition) is 3. The van der Waals surface area contributed by atoms with Gasteiger partial charge < -0.3 is 15.1 Å². The van der Waals surface area contributed by atoms with Crippen LogP contribution in [0.4, 0.5) is 0 Å². The Hall–Kier alpha value is -3.02. The molecule has 2 amide bonds. The highest BCUT2D eigenvalue weighted by Crippen LogP contribution is 2.32. The van der Waals surface area contributed by atoms with E-state index in [1.807, 2.05) is 19.1 Å². The summed E-state index contributed by atoms with van der Waals surface area (Å²) < 4.78 is 5.93. The summed E-state index contributed by atoms with van der Waals surface area (Å²) in [5, 5.41) is 6.85. The predicted octanol–water partition coefficient (Wildman–Crippen LogP) is 6.78. The molecular formula is C27H26Cl2N2O3. The van der Waals surface area contributed by atoms with Crippen molar-refractivity contribution < 1.29 is 14.0 Å². The first-order chi connectivity index (χ1) is 16.4. The van der Waals surface area contributed by atoms with Gasteiger partial charge in [0.05, 0.1) is 5.02 Å². The second-order valence-electron chi connectivity index (χ2n) is 8.51. The Morgan fingerprint density at radius 2 is 1.71 bits per heavy atom. The second kappa shape index (κ2) is 10.9. The van der Waals surface area contributed by atoms with Crippen molar-refractivity contribution >= 4 is 41.1 Å². The Balaban J connectivity index is 1.60.